The Balaban J connectivity index is 1.35. The quantitative estimate of drug-likeness (QED) is 0.180. The summed E-state index contributed by atoms with van der Waals surface area (Å²) in [5.41, 5.74) is 7.83. The molecule has 0 unspecified atom stereocenters. The summed E-state index contributed by atoms with van der Waals surface area (Å²) in [4.78, 5) is 4.64. The molecule has 2 heterocycles. The number of hydrogen-bond donors (Lipinski definition) is 0. The minimum atomic E-state index is 0.654. The second kappa shape index (κ2) is 11.4. The monoisotopic (exact) mass is 642 g/mol. The predicted octanol–water partition coefficient (Wildman–Crippen LogP) is 13.5. The van der Waals surface area contributed by atoms with Crippen molar-refractivity contribution < 1.29 is 4.42 Å². The van der Waals surface area contributed by atoms with Crippen LogP contribution in [-0.4, -0.2) is 0 Å². The van der Waals surface area contributed by atoms with Crippen molar-refractivity contribution in [2.45, 2.75) is 0 Å². The van der Waals surface area contributed by atoms with Crippen LogP contribution in [0.1, 0.15) is 0 Å². The first-order valence-electron chi connectivity index (χ1n) is 15.5. The molecule has 0 bridgehead atoms. The fourth-order valence-electron chi connectivity index (χ4n) is 6.65. The van der Waals surface area contributed by atoms with Gasteiger partial charge in [0, 0.05) is 59.8 Å². The van der Waals surface area contributed by atoms with Gasteiger partial charge in [0.2, 0.25) is 0 Å². The van der Waals surface area contributed by atoms with Crippen molar-refractivity contribution in [3.8, 4) is 0 Å². The number of furan rings is 1. The van der Waals surface area contributed by atoms with Gasteiger partial charge in [0.05, 0.1) is 16.4 Å². The molecule has 0 atom stereocenters. The number of hydrogen-bond acceptors (Lipinski definition) is 4. The molecule has 9 aromatic rings. The first kappa shape index (κ1) is 27.7. The van der Waals surface area contributed by atoms with Crippen LogP contribution in [0.25, 0.3) is 42.1 Å². The molecule has 0 aliphatic rings. The second-order valence-electron chi connectivity index (χ2n) is 11.5. The lowest BCUT2D eigenvalue weighted by atomic mass is 10.1. The fraction of sp³-hybridized carbons (Fsp3) is 0. The minimum Gasteiger partial charge on any atom is -0.456 e. The molecule has 0 spiro atoms. The van der Waals surface area contributed by atoms with E-state index in [1.165, 1.54) is 20.2 Å². The molecule has 3 nitrogen and oxygen atoms in total. The average molecular weight is 643 g/mol. The van der Waals surface area contributed by atoms with Gasteiger partial charge in [-0.1, -0.05) is 103 Å². The molecule has 2 aromatic heterocycles. The maximum Gasteiger partial charge on any atom is 0.139 e. The van der Waals surface area contributed by atoms with Gasteiger partial charge in [0.1, 0.15) is 11.2 Å². The molecular formula is C42H27ClN2OS. The number of thiophene rings is 1. The van der Waals surface area contributed by atoms with E-state index in [0.717, 1.165) is 56.1 Å². The predicted molar refractivity (Wildman–Crippen MR) is 201 cm³/mol. The second-order valence-corrected chi connectivity index (χ2v) is 13.0. The van der Waals surface area contributed by atoms with Gasteiger partial charge in [0.15, 0.2) is 0 Å². The summed E-state index contributed by atoms with van der Waals surface area (Å²) in [6.45, 7) is 0. The van der Waals surface area contributed by atoms with E-state index < -0.39 is 0 Å². The van der Waals surface area contributed by atoms with Crippen LogP contribution in [0, 0.1) is 0 Å². The van der Waals surface area contributed by atoms with E-state index in [-0.39, 0.29) is 0 Å². The Hall–Kier alpha value is -5.55. The van der Waals surface area contributed by atoms with E-state index >= 15 is 0 Å². The lowest BCUT2D eigenvalue weighted by Gasteiger charge is -2.30. The summed E-state index contributed by atoms with van der Waals surface area (Å²) in [6, 6.07) is 57.2. The first-order chi connectivity index (χ1) is 23.2. The van der Waals surface area contributed by atoms with Crippen LogP contribution in [0.5, 0.6) is 0 Å². The molecule has 9 rings (SSSR count). The summed E-state index contributed by atoms with van der Waals surface area (Å²) >= 11 is 8.92. The largest absolute Gasteiger partial charge is 0.456 e. The Kier molecular flexibility index (Phi) is 6.70. The van der Waals surface area contributed by atoms with Crippen molar-refractivity contribution in [3.63, 3.8) is 0 Å². The Morgan fingerprint density at radius 3 is 1.66 bits per heavy atom. The topological polar surface area (TPSA) is 19.6 Å². The highest BCUT2D eigenvalue weighted by atomic mass is 35.5. The van der Waals surface area contributed by atoms with E-state index in [2.05, 4.69) is 149 Å². The van der Waals surface area contributed by atoms with Gasteiger partial charge in [-0.2, -0.15) is 0 Å². The molecule has 7 aromatic carbocycles. The van der Waals surface area contributed by atoms with Crippen LogP contribution in [0.4, 0.5) is 34.1 Å². The maximum atomic E-state index is 7.10. The van der Waals surface area contributed by atoms with E-state index in [4.69, 9.17) is 16.0 Å². The highest BCUT2D eigenvalue weighted by molar-refractivity contribution is 7.26. The number of rotatable bonds is 6. The summed E-state index contributed by atoms with van der Waals surface area (Å²) in [5, 5.41) is 5.06. The normalized spacial score (nSPS) is 11.5. The molecule has 0 amide bonds. The summed E-state index contributed by atoms with van der Waals surface area (Å²) in [6.07, 6.45) is 0. The third kappa shape index (κ3) is 4.73. The number of nitrogens with zero attached hydrogens (tertiary/aromatic N) is 2. The Morgan fingerprint density at radius 2 is 0.979 bits per heavy atom. The van der Waals surface area contributed by atoms with Crippen LogP contribution < -0.4 is 9.80 Å². The maximum absolute atomic E-state index is 7.10. The number of halogens is 1. The molecule has 0 N–H and O–H groups in total. The van der Waals surface area contributed by atoms with Gasteiger partial charge in [-0.05, 0) is 66.7 Å². The van der Waals surface area contributed by atoms with Gasteiger partial charge < -0.3 is 14.2 Å². The zero-order valence-electron chi connectivity index (χ0n) is 25.2. The lowest BCUT2D eigenvalue weighted by Crippen LogP contribution is -2.13. The van der Waals surface area contributed by atoms with Crippen molar-refractivity contribution in [3.05, 3.63) is 169 Å². The number of fused-ring (bicyclic) bond motifs is 6. The number of para-hydroxylation sites is 4. The molecule has 224 valence electrons. The minimum absolute atomic E-state index is 0.654. The van der Waals surface area contributed by atoms with Crippen LogP contribution in [0.2, 0.25) is 5.02 Å². The van der Waals surface area contributed by atoms with Crippen molar-refractivity contribution in [2.24, 2.45) is 0 Å². The Morgan fingerprint density at radius 1 is 0.426 bits per heavy atom. The molecule has 0 saturated heterocycles. The van der Waals surface area contributed by atoms with Crippen molar-refractivity contribution >= 4 is 99.2 Å². The lowest BCUT2D eigenvalue weighted by molar-refractivity contribution is 0.669. The zero-order chi connectivity index (χ0) is 31.3. The van der Waals surface area contributed by atoms with Gasteiger partial charge >= 0.3 is 0 Å². The standard InChI is InChI=1S/C42H27ClN2OS/c43-35-24-31(26-38-41(35)33-20-10-12-22-37(33)46-38)44(28-14-4-1-5-15-28)32-25-36(42-34-21-11-13-23-39(34)47-40(42)27-32)45(29-16-6-2-7-17-29)30-18-8-3-9-19-30/h1-27H. The highest BCUT2D eigenvalue weighted by Crippen LogP contribution is 2.49. The smallest absolute Gasteiger partial charge is 0.139 e. The molecule has 0 saturated carbocycles. The summed E-state index contributed by atoms with van der Waals surface area (Å²) in [7, 11) is 0. The van der Waals surface area contributed by atoms with E-state index in [9.17, 15) is 0 Å². The highest BCUT2D eigenvalue weighted by Gasteiger charge is 2.23. The molecule has 0 aliphatic heterocycles. The first-order valence-corrected chi connectivity index (χ1v) is 16.7. The molecule has 0 fully saturated rings. The van der Waals surface area contributed by atoms with Crippen molar-refractivity contribution in [2.75, 3.05) is 9.80 Å². The third-order valence-corrected chi connectivity index (χ3v) is 10.1. The molecule has 47 heavy (non-hydrogen) atoms. The van der Waals surface area contributed by atoms with E-state index in [0.29, 0.717) is 5.02 Å². The fourth-order valence-corrected chi connectivity index (χ4v) is 8.12. The van der Waals surface area contributed by atoms with Gasteiger partial charge in [-0.15, -0.1) is 11.3 Å². The summed E-state index contributed by atoms with van der Waals surface area (Å²) < 4.78 is 8.82. The van der Waals surface area contributed by atoms with Crippen LogP contribution in [0.15, 0.2) is 168 Å². The molecule has 5 heteroatoms. The van der Waals surface area contributed by atoms with Gasteiger partial charge in [-0.25, -0.2) is 0 Å². The third-order valence-electron chi connectivity index (χ3n) is 8.66. The van der Waals surface area contributed by atoms with Crippen LogP contribution in [0.3, 0.4) is 0 Å². The average Bonchev–Trinajstić information content (AvgIpc) is 3.69. The Bertz CT molecular complexity index is 2500. The van der Waals surface area contributed by atoms with Crippen LogP contribution >= 0.6 is 22.9 Å². The van der Waals surface area contributed by atoms with Gasteiger partial charge in [-0.3, -0.25) is 0 Å². The molecular weight excluding hydrogens is 616 g/mol. The number of benzene rings is 7. The molecule has 0 aliphatic carbocycles. The van der Waals surface area contributed by atoms with Gasteiger partial charge in [0.25, 0.3) is 0 Å². The van der Waals surface area contributed by atoms with Crippen LogP contribution in [-0.2, 0) is 0 Å². The van der Waals surface area contributed by atoms with E-state index in [1.54, 1.807) is 0 Å². The van der Waals surface area contributed by atoms with Crippen molar-refractivity contribution in [1.82, 2.24) is 0 Å². The summed E-state index contributed by atoms with van der Waals surface area (Å²) in [5.74, 6) is 0. The molecule has 0 radical (unpaired) electrons. The van der Waals surface area contributed by atoms with Crippen molar-refractivity contribution in [1.29, 1.82) is 0 Å². The van der Waals surface area contributed by atoms with E-state index in [1.807, 2.05) is 35.6 Å². The Labute approximate surface area is 281 Å². The number of anilines is 6. The zero-order valence-corrected chi connectivity index (χ0v) is 26.7. The SMILES string of the molecule is Clc1cc(N(c2ccccc2)c2cc(N(c3ccccc3)c3ccccc3)c3c(c2)sc2ccccc23)cc2oc3ccccc3c12.